The summed E-state index contributed by atoms with van der Waals surface area (Å²) < 4.78 is 0. The molecule has 2 aromatic carbocycles. The molecule has 3 rings (SSSR count). The zero-order valence-electron chi connectivity index (χ0n) is 17.7. The van der Waals surface area contributed by atoms with Crippen LogP contribution in [0.3, 0.4) is 0 Å². The van der Waals surface area contributed by atoms with E-state index in [0.717, 1.165) is 29.2 Å². The molecule has 0 bridgehead atoms. The van der Waals surface area contributed by atoms with Crippen molar-refractivity contribution in [2.45, 2.75) is 24.7 Å². The molecule has 1 aliphatic rings. The number of fused-ring (bicyclic) bond motifs is 1. The molecular formula is C24H30N3O2S+. The number of anilines is 1. The number of rotatable bonds is 9. The topological polar surface area (TPSA) is 53.9 Å². The molecule has 1 unspecified atom stereocenters. The number of quaternary nitrogens is 1. The Hall–Kier alpha value is -2.57. The van der Waals surface area contributed by atoms with Gasteiger partial charge in [0.1, 0.15) is 6.54 Å². The van der Waals surface area contributed by atoms with E-state index in [0.29, 0.717) is 11.4 Å². The molecule has 0 radical (unpaired) electrons. The van der Waals surface area contributed by atoms with E-state index >= 15 is 0 Å². The molecule has 0 fully saturated rings. The number of nitrogens with zero attached hydrogens (tertiary/aromatic N) is 1. The molecule has 158 valence electrons. The van der Waals surface area contributed by atoms with Crippen LogP contribution >= 0.6 is 11.8 Å². The number of unbranched alkanes of at least 4 members (excludes halogenated alkanes) is 1. The third-order valence-electron chi connectivity index (χ3n) is 5.06. The zero-order chi connectivity index (χ0) is 21.3. The largest absolute Gasteiger partial charge is 0.349 e. The summed E-state index contributed by atoms with van der Waals surface area (Å²) >= 11 is 1.45. The second-order valence-electron chi connectivity index (χ2n) is 7.54. The minimum atomic E-state index is -0.136. The molecule has 5 nitrogen and oxygen atoms in total. The molecule has 0 saturated heterocycles. The first kappa shape index (κ1) is 22.1. The number of carbonyl (C=O) groups is 2. The summed E-state index contributed by atoms with van der Waals surface area (Å²) in [7, 11) is 2.14. The zero-order valence-corrected chi connectivity index (χ0v) is 18.5. The lowest BCUT2D eigenvalue weighted by Crippen LogP contribution is -3.09. The Morgan fingerprint density at radius 1 is 1.10 bits per heavy atom. The molecule has 0 aromatic heterocycles. The number of para-hydroxylation sites is 1. The van der Waals surface area contributed by atoms with E-state index in [4.69, 9.17) is 0 Å². The first-order valence-corrected chi connectivity index (χ1v) is 11.3. The monoisotopic (exact) mass is 424 g/mol. The minimum Gasteiger partial charge on any atom is -0.349 e. The predicted octanol–water partition coefficient (Wildman–Crippen LogP) is 2.60. The first-order chi connectivity index (χ1) is 14.6. The lowest BCUT2D eigenvalue weighted by Gasteiger charge is -2.29. The Kier molecular flexibility index (Phi) is 8.11. The lowest BCUT2D eigenvalue weighted by molar-refractivity contribution is -0.878. The molecule has 30 heavy (non-hydrogen) atoms. The Bertz CT molecular complexity index is 898. The Morgan fingerprint density at radius 2 is 1.83 bits per heavy atom. The Balaban J connectivity index is 1.69. The molecule has 0 aliphatic carbocycles. The second kappa shape index (κ2) is 11.0. The number of hydrogen-bond donors (Lipinski definition) is 2. The van der Waals surface area contributed by atoms with Crippen LogP contribution in [0.5, 0.6) is 0 Å². The van der Waals surface area contributed by atoms with Gasteiger partial charge in [-0.25, -0.2) is 0 Å². The van der Waals surface area contributed by atoms with E-state index in [1.54, 1.807) is 4.90 Å². The van der Waals surface area contributed by atoms with Crippen LogP contribution in [0.4, 0.5) is 5.69 Å². The highest BCUT2D eigenvalue weighted by Crippen LogP contribution is 2.41. The summed E-state index contributed by atoms with van der Waals surface area (Å²) in [6.45, 7) is 4.80. The van der Waals surface area contributed by atoms with Gasteiger partial charge >= 0.3 is 0 Å². The van der Waals surface area contributed by atoms with Crippen LogP contribution < -0.4 is 15.1 Å². The number of amides is 2. The Labute approximate surface area is 183 Å². The van der Waals surface area contributed by atoms with Gasteiger partial charge in [-0.15, -0.1) is 0 Å². The van der Waals surface area contributed by atoms with Crippen molar-refractivity contribution < 1.29 is 14.5 Å². The van der Waals surface area contributed by atoms with Gasteiger partial charge in [0.2, 0.25) is 5.91 Å². The number of nitrogens with one attached hydrogen (secondary N) is 2. The van der Waals surface area contributed by atoms with Gasteiger partial charge in [-0.2, -0.15) is 0 Å². The third-order valence-corrected chi connectivity index (χ3v) is 6.14. The summed E-state index contributed by atoms with van der Waals surface area (Å²) in [5.74, 6) is -0.268. The fourth-order valence-corrected chi connectivity index (χ4v) is 4.40. The lowest BCUT2D eigenvalue weighted by atomic mass is 10.2. The maximum Gasteiger partial charge on any atom is 0.265 e. The van der Waals surface area contributed by atoms with Gasteiger partial charge in [0.25, 0.3) is 5.91 Å². The molecule has 2 amide bonds. The Morgan fingerprint density at radius 3 is 2.60 bits per heavy atom. The minimum absolute atomic E-state index is 0.0243. The van der Waals surface area contributed by atoms with E-state index in [1.165, 1.54) is 29.5 Å². The van der Waals surface area contributed by atoms with Gasteiger partial charge in [-0.05, 0) is 30.2 Å². The smallest absolute Gasteiger partial charge is 0.265 e. The predicted molar refractivity (Wildman–Crippen MR) is 124 cm³/mol. The van der Waals surface area contributed by atoms with E-state index in [-0.39, 0.29) is 18.4 Å². The molecule has 1 aliphatic heterocycles. The van der Waals surface area contributed by atoms with Gasteiger partial charge < -0.3 is 10.2 Å². The van der Waals surface area contributed by atoms with Crippen molar-refractivity contribution in [3.05, 3.63) is 65.1 Å². The number of thioether (sulfide) groups is 1. The van der Waals surface area contributed by atoms with E-state index in [2.05, 4.69) is 19.3 Å². The van der Waals surface area contributed by atoms with Crippen molar-refractivity contribution in [3.8, 4) is 0 Å². The fourth-order valence-electron chi connectivity index (χ4n) is 3.34. The summed E-state index contributed by atoms with van der Waals surface area (Å²) in [4.78, 5) is 30.4. The van der Waals surface area contributed by atoms with Crippen LogP contribution in [0.25, 0.3) is 6.08 Å². The van der Waals surface area contributed by atoms with Crippen molar-refractivity contribution in [2.24, 2.45) is 0 Å². The third kappa shape index (κ3) is 5.97. The van der Waals surface area contributed by atoms with Gasteiger partial charge in [0, 0.05) is 4.90 Å². The molecule has 0 spiro atoms. The van der Waals surface area contributed by atoms with E-state index in [9.17, 15) is 9.59 Å². The molecule has 1 heterocycles. The van der Waals surface area contributed by atoms with Gasteiger partial charge in [0.15, 0.2) is 0 Å². The SMILES string of the molecule is CCCC[NH+](C)CCNC(=O)CN1C(=O)C(=Cc2ccccc2)Sc2ccccc21. The molecule has 2 N–H and O–H groups in total. The van der Waals surface area contributed by atoms with Gasteiger partial charge in [-0.3, -0.25) is 14.5 Å². The molecule has 6 heteroatoms. The molecular weight excluding hydrogens is 394 g/mol. The van der Waals surface area contributed by atoms with E-state index < -0.39 is 0 Å². The van der Waals surface area contributed by atoms with Gasteiger partial charge in [0.05, 0.1) is 37.3 Å². The summed E-state index contributed by atoms with van der Waals surface area (Å²) in [6, 6.07) is 17.5. The molecule has 2 aromatic rings. The van der Waals surface area contributed by atoms with Crippen molar-refractivity contribution in [2.75, 3.05) is 38.1 Å². The van der Waals surface area contributed by atoms with Crippen molar-refractivity contribution in [3.63, 3.8) is 0 Å². The first-order valence-electron chi connectivity index (χ1n) is 10.5. The van der Waals surface area contributed by atoms with E-state index in [1.807, 2.05) is 60.7 Å². The van der Waals surface area contributed by atoms with Crippen LogP contribution in [0.1, 0.15) is 25.3 Å². The summed E-state index contributed by atoms with van der Waals surface area (Å²) in [5.41, 5.74) is 1.76. The fraction of sp³-hybridized carbons (Fsp3) is 0.333. The van der Waals surface area contributed by atoms with Crippen molar-refractivity contribution in [1.29, 1.82) is 0 Å². The van der Waals surface area contributed by atoms with Crippen LogP contribution in [-0.4, -0.2) is 45.0 Å². The number of carbonyl (C=O) groups excluding carboxylic acids is 2. The summed E-state index contributed by atoms with van der Waals surface area (Å²) in [6.07, 6.45) is 4.25. The van der Waals surface area contributed by atoms with Crippen molar-refractivity contribution >= 4 is 35.3 Å². The van der Waals surface area contributed by atoms with Gasteiger partial charge in [-0.1, -0.05) is 67.6 Å². The summed E-state index contributed by atoms with van der Waals surface area (Å²) in [5, 5.41) is 2.97. The highest BCUT2D eigenvalue weighted by Gasteiger charge is 2.30. The average Bonchev–Trinajstić information content (AvgIpc) is 2.76. The van der Waals surface area contributed by atoms with Crippen molar-refractivity contribution in [1.82, 2.24) is 5.32 Å². The number of benzene rings is 2. The highest BCUT2D eigenvalue weighted by molar-refractivity contribution is 8.04. The average molecular weight is 425 g/mol. The van der Waals surface area contributed by atoms with Crippen LogP contribution in [0, 0.1) is 0 Å². The highest BCUT2D eigenvalue weighted by atomic mass is 32.2. The quantitative estimate of drug-likeness (QED) is 0.609. The maximum absolute atomic E-state index is 13.2. The normalized spacial score (nSPS) is 15.7. The molecule has 0 saturated carbocycles. The number of likely N-dealkylation sites (N-methyl/N-ethyl adjacent to an activating group) is 1. The van der Waals surface area contributed by atoms with Crippen LogP contribution in [0.2, 0.25) is 0 Å². The van der Waals surface area contributed by atoms with Crippen LogP contribution in [0.15, 0.2) is 64.4 Å². The number of hydrogen-bond acceptors (Lipinski definition) is 3. The second-order valence-corrected chi connectivity index (χ2v) is 8.62. The standard InChI is InChI=1S/C24H29N3O2S/c1-3-4-15-26(2)16-14-25-23(28)18-27-20-12-8-9-13-21(20)30-22(24(27)29)17-19-10-6-5-7-11-19/h5-13,17H,3-4,14-16,18H2,1-2H3,(H,25,28)/p+1. The van der Waals surface area contributed by atoms with Crippen LogP contribution in [-0.2, 0) is 9.59 Å². The molecule has 1 atom stereocenters. The maximum atomic E-state index is 13.2.